The standard InChI is InChI=1S/C21H20N4OS.ClH/c1-14-13-16(26-3)9-10-17(14)22-21-23-18-11-12-27-19(18)20(24-21)25(2)15-7-5-4-6-8-15;/h4-13H,1-3H3,(H,22,23,24);1H. The van der Waals surface area contributed by atoms with E-state index in [0.717, 1.165) is 38.7 Å². The number of anilines is 4. The lowest BCUT2D eigenvalue weighted by Gasteiger charge is -2.20. The molecule has 144 valence electrons. The molecule has 4 rings (SSSR count). The normalized spacial score (nSPS) is 10.4. The molecule has 0 aliphatic rings. The van der Waals surface area contributed by atoms with Crippen LogP contribution in [0.5, 0.6) is 5.75 Å². The SMILES string of the molecule is COc1ccc(Nc2nc(N(C)c3ccccc3)c3sccc3n2)c(C)c1.Cl. The van der Waals surface area contributed by atoms with Crippen molar-refractivity contribution in [3.05, 3.63) is 65.5 Å². The Morgan fingerprint density at radius 3 is 2.54 bits per heavy atom. The molecule has 0 radical (unpaired) electrons. The van der Waals surface area contributed by atoms with Gasteiger partial charge >= 0.3 is 0 Å². The third kappa shape index (κ3) is 3.88. The summed E-state index contributed by atoms with van der Waals surface area (Å²) >= 11 is 1.65. The number of halogens is 1. The van der Waals surface area contributed by atoms with E-state index in [2.05, 4.69) is 27.3 Å². The van der Waals surface area contributed by atoms with Crippen LogP contribution in [0, 0.1) is 6.92 Å². The zero-order valence-electron chi connectivity index (χ0n) is 15.8. The summed E-state index contributed by atoms with van der Waals surface area (Å²) in [5.41, 5.74) is 4.04. The Morgan fingerprint density at radius 1 is 1.04 bits per heavy atom. The largest absolute Gasteiger partial charge is 0.497 e. The topological polar surface area (TPSA) is 50.3 Å². The van der Waals surface area contributed by atoms with Gasteiger partial charge in [-0.25, -0.2) is 4.98 Å². The molecule has 5 nitrogen and oxygen atoms in total. The van der Waals surface area contributed by atoms with Gasteiger partial charge in [0.2, 0.25) is 5.95 Å². The van der Waals surface area contributed by atoms with Crippen molar-refractivity contribution in [2.45, 2.75) is 6.92 Å². The number of benzene rings is 2. The molecule has 0 atom stereocenters. The number of nitrogens with one attached hydrogen (secondary N) is 1. The molecular formula is C21H21ClN4OS. The lowest BCUT2D eigenvalue weighted by molar-refractivity contribution is 0.414. The number of rotatable bonds is 5. The van der Waals surface area contributed by atoms with Crippen molar-refractivity contribution in [2.75, 3.05) is 24.4 Å². The van der Waals surface area contributed by atoms with Crippen molar-refractivity contribution >= 4 is 57.1 Å². The number of para-hydroxylation sites is 1. The van der Waals surface area contributed by atoms with Gasteiger partial charge in [-0.2, -0.15) is 4.98 Å². The number of methoxy groups -OCH3 is 1. The molecule has 0 spiro atoms. The van der Waals surface area contributed by atoms with Gasteiger partial charge in [0.15, 0.2) is 5.82 Å². The minimum atomic E-state index is 0. The van der Waals surface area contributed by atoms with Crippen molar-refractivity contribution in [2.24, 2.45) is 0 Å². The first-order valence-electron chi connectivity index (χ1n) is 8.61. The maximum atomic E-state index is 5.28. The van der Waals surface area contributed by atoms with Crippen molar-refractivity contribution in [3.8, 4) is 5.75 Å². The summed E-state index contributed by atoms with van der Waals surface area (Å²) in [5, 5.41) is 5.40. The zero-order valence-corrected chi connectivity index (χ0v) is 17.5. The first-order valence-corrected chi connectivity index (χ1v) is 9.49. The third-order valence-corrected chi connectivity index (χ3v) is 5.33. The molecule has 1 N–H and O–H groups in total. The van der Waals surface area contributed by atoms with Crippen LogP contribution in [0.1, 0.15) is 5.56 Å². The molecule has 0 bridgehead atoms. The average molecular weight is 413 g/mol. The van der Waals surface area contributed by atoms with E-state index in [9.17, 15) is 0 Å². The number of fused-ring (bicyclic) bond motifs is 1. The Kier molecular flexibility index (Phi) is 6.02. The van der Waals surface area contributed by atoms with Gasteiger partial charge in [0.05, 0.1) is 17.3 Å². The fraction of sp³-hybridized carbons (Fsp3) is 0.143. The summed E-state index contributed by atoms with van der Waals surface area (Å²) in [7, 11) is 3.69. The second-order valence-electron chi connectivity index (χ2n) is 6.21. The summed E-state index contributed by atoms with van der Waals surface area (Å²) in [5.74, 6) is 2.29. The minimum absolute atomic E-state index is 0. The lowest BCUT2D eigenvalue weighted by Crippen LogP contribution is -2.12. The molecule has 0 fully saturated rings. The van der Waals surface area contributed by atoms with E-state index in [-0.39, 0.29) is 12.4 Å². The lowest BCUT2D eigenvalue weighted by atomic mass is 10.2. The van der Waals surface area contributed by atoms with Gasteiger partial charge in [0.1, 0.15) is 5.75 Å². The molecule has 4 aromatic rings. The van der Waals surface area contributed by atoms with Gasteiger partial charge in [-0.05, 0) is 54.3 Å². The van der Waals surface area contributed by atoms with Crippen molar-refractivity contribution in [1.82, 2.24) is 9.97 Å². The van der Waals surface area contributed by atoms with E-state index in [4.69, 9.17) is 9.72 Å². The molecule has 2 aromatic carbocycles. The van der Waals surface area contributed by atoms with Crippen LogP contribution in [0.3, 0.4) is 0 Å². The average Bonchev–Trinajstić information content (AvgIpc) is 3.17. The van der Waals surface area contributed by atoms with Gasteiger partial charge in [-0.15, -0.1) is 23.7 Å². The smallest absolute Gasteiger partial charge is 0.229 e. The van der Waals surface area contributed by atoms with Gasteiger partial charge < -0.3 is 15.0 Å². The van der Waals surface area contributed by atoms with Gasteiger partial charge in [0, 0.05) is 18.4 Å². The zero-order chi connectivity index (χ0) is 18.8. The molecule has 0 saturated carbocycles. The molecule has 0 aliphatic carbocycles. The Balaban J connectivity index is 0.00000225. The van der Waals surface area contributed by atoms with Crippen LogP contribution in [0.15, 0.2) is 60.0 Å². The van der Waals surface area contributed by atoms with Crippen molar-refractivity contribution in [3.63, 3.8) is 0 Å². The number of hydrogen-bond acceptors (Lipinski definition) is 6. The minimum Gasteiger partial charge on any atom is -0.497 e. The molecule has 0 unspecified atom stereocenters. The molecule has 2 aromatic heterocycles. The second kappa shape index (κ2) is 8.46. The Morgan fingerprint density at radius 2 is 1.82 bits per heavy atom. The number of nitrogens with zero attached hydrogens (tertiary/aromatic N) is 3. The third-order valence-electron chi connectivity index (χ3n) is 4.43. The van der Waals surface area contributed by atoms with Gasteiger partial charge in [-0.1, -0.05) is 18.2 Å². The Labute approximate surface area is 174 Å². The Bertz CT molecular complexity index is 1080. The summed E-state index contributed by atoms with van der Waals surface area (Å²) < 4.78 is 6.35. The number of ether oxygens (including phenoxy) is 1. The van der Waals surface area contributed by atoms with Crippen LogP contribution in [0.25, 0.3) is 10.2 Å². The van der Waals surface area contributed by atoms with E-state index < -0.39 is 0 Å². The highest BCUT2D eigenvalue weighted by Crippen LogP contribution is 2.34. The predicted octanol–water partition coefficient (Wildman–Crippen LogP) is 5.94. The van der Waals surface area contributed by atoms with E-state index in [1.54, 1.807) is 18.4 Å². The summed E-state index contributed by atoms with van der Waals surface area (Å²) in [4.78, 5) is 11.6. The van der Waals surface area contributed by atoms with Crippen LogP contribution in [-0.4, -0.2) is 24.1 Å². The van der Waals surface area contributed by atoms with Gasteiger partial charge in [-0.3, -0.25) is 0 Å². The van der Waals surface area contributed by atoms with Crippen molar-refractivity contribution in [1.29, 1.82) is 0 Å². The fourth-order valence-corrected chi connectivity index (χ4v) is 3.78. The fourth-order valence-electron chi connectivity index (χ4n) is 2.93. The second-order valence-corrected chi connectivity index (χ2v) is 7.12. The highest BCUT2D eigenvalue weighted by atomic mass is 35.5. The highest BCUT2D eigenvalue weighted by molar-refractivity contribution is 7.17. The maximum absolute atomic E-state index is 5.28. The van der Waals surface area contributed by atoms with Crippen molar-refractivity contribution < 1.29 is 4.74 Å². The van der Waals surface area contributed by atoms with Crippen LogP contribution >= 0.6 is 23.7 Å². The summed E-state index contributed by atoms with van der Waals surface area (Å²) in [6, 6.07) is 18.1. The molecule has 0 amide bonds. The van der Waals surface area contributed by atoms with E-state index in [1.165, 1.54) is 0 Å². The first-order chi connectivity index (χ1) is 13.2. The highest BCUT2D eigenvalue weighted by Gasteiger charge is 2.15. The molecule has 2 heterocycles. The monoisotopic (exact) mass is 412 g/mol. The molecule has 0 aliphatic heterocycles. The molecule has 28 heavy (non-hydrogen) atoms. The summed E-state index contributed by atoms with van der Waals surface area (Å²) in [6.45, 7) is 2.03. The number of thiophene rings is 1. The first kappa shape index (κ1) is 19.9. The van der Waals surface area contributed by atoms with Crippen LogP contribution in [-0.2, 0) is 0 Å². The number of aryl methyl sites for hydroxylation is 1. The van der Waals surface area contributed by atoms with Gasteiger partial charge in [0.25, 0.3) is 0 Å². The van der Waals surface area contributed by atoms with Crippen LogP contribution in [0.4, 0.5) is 23.1 Å². The van der Waals surface area contributed by atoms with E-state index >= 15 is 0 Å². The summed E-state index contributed by atoms with van der Waals surface area (Å²) in [6.07, 6.45) is 0. The Hall–Kier alpha value is -2.83. The van der Waals surface area contributed by atoms with E-state index in [1.807, 2.05) is 61.8 Å². The molecule has 7 heteroatoms. The molecular weight excluding hydrogens is 392 g/mol. The van der Waals surface area contributed by atoms with Crippen LogP contribution in [0.2, 0.25) is 0 Å². The maximum Gasteiger partial charge on any atom is 0.229 e. The number of hydrogen-bond donors (Lipinski definition) is 1. The van der Waals surface area contributed by atoms with Crippen LogP contribution < -0.4 is 15.0 Å². The quantitative estimate of drug-likeness (QED) is 0.439. The predicted molar refractivity (Wildman–Crippen MR) is 120 cm³/mol. The van der Waals surface area contributed by atoms with E-state index in [0.29, 0.717) is 5.95 Å². The number of aromatic nitrogens is 2. The molecule has 0 saturated heterocycles.